The first-order valence-electron chi connectivity index (χ1n) is 8.58. The molecule has 3 N–H and O–H groups in total. The topological polar surface area (TPSA) is 75.4 Å². The molecule has 0 aliphatic carbocycles. The van der Waals surface area contributed by atoms with Gasteiger partial charge in [0.05, 0.1) is 0 Å². The summed E-state index contributed by atoms with van der Waals surface area (Å²) < 4.78 is 0. The van der Waals surface area contributed by atoms with Gasteiger partial charge < -0.3 is 16.0 Å². The second-order valence-corrected chi connectivity index (χ2v) is 6.43. The van der Waals surface area contributed by atoms with Crippen molar-refractivity contribution in [1.29, 1.82) is 0 Å². The van der Waals surface area contributed by atoms with Crippen molar-refractivity contribution in [2.45, 2.75) is 32.2 Å². The number of hydrogen-bond acceptors (Lipinski definition) is 3. The predicted molar refractivity (Wildman–Crippen MR) is 107 cm³/mol. The van der Waals surface area contributed by atoms with Gasteiger partial charge in [0.15, 0.2) is 0 Å². The maximum atomic E-state index is 12.4. The van der Waals surface area contributed by atoms with E-state index in [0.717, 1.165) is 36.2 Å². The third kappa shape index (κ3) is 4.62. The van der Waals surface area contributed by atoms with E-state index in [1.807, 2.05) is 49.4 Å². The van der Waals surface area contributed by atoms with Crippen LogP contribution in [0.15, 0.2) is 48.5 Å². The lowest BCUT2D eigenvalue weighted by molar-refractivity contribution is -0.119. The van der Waals surface area contributed by atoms with E-state index in [9.17, 15) is 9.59 Å². The molecule has 1 fully saturated rings. The van der Waals surface area contributed by atoms with Gasteiger partial charge in [0.2, 0.25) is 11.8 Å². The van der Waals surface area contributed by atoms with Crippen LogP contribution in [0, 0.1) is 6.92 Å². The van der Waals surface area contributed by atoms with Crippen LogP contribution >= 0.6 is 12.4 Å². The normalized spacial score (nSPS) is 15.2. The number of halogens is 1. The second-order valence-electron chi connectivity index (χ2n) is 6.43. The van der Waals surface area contributed by atoms with Crippen molar-refractivity contribution < 1.29 is 9.59 Å². The highest BCUT2D eigenvalue weighted by atomic mass is 35.5. The molecule has 1 aliphatic rings. The zero-order valence-electron chi connectivity index (χ0n) is 14.8. The number of aryl methyl sites for hydroxylation is 1. The van der Waals surface area contributed by atoms with Gasteiger partial charge in [-0.3, -0.25) is 9.59 Å². The summed E-state index contributed by atoms with van der Waals surface area (Å²) in [7, 11) is 0. The van der Waals surface area contributed by atoms with Crippen molar-refractivity contribution in [2.24, 2.45) is 5.73 Å². The monoisotopic (exact) mass is 373 g/mol. The molecule has 1 aliphatic heterocycles. The number of piperidine rings is 1. The Kier molecular flexibility index (Phi) is 6.77. The Labute approximate surface area is 160 Å². The number of benzene rings is 2. The Hall–Kier alpha value is -2.37. The largest absolute Gasteiger partial charge is 0.324 e. The van der Waals surface area contributed by atoms with E-state index in [1.165, 1.54) is 0 Å². The highest BCUT2D eigenvalue weighted by Crippen LogP contribution is 2.24. The third-order valence-electron chi connectivity index (χ3n) is 4.47. The smallest absolute Gasteiger partial charge is 0.245 e. The van der Waals surface area contributed by atoms with E-state index in [0.29, 0.717) is 12.1 Å². The molecule has 3 rings (SSSR count). The number of amides is 2. The average Bonchev–Trinajstić information content (AvgIpc) is 2.62. The van der Waals surface area contributed by atoms with Gasteiger partial charge in [0.1, 0.15) is 6.04 Å². The fraction of sp³-hybridized carbons (Fsp3) is 0.300. The molecule has 0 spiro atoms. The summed E-state index contributed by atoms with van der Waals surface area (Å²) in [5, 5.41) is 2.85. The second kappa shape index (κ2) is 8.83. The van der Waals surface area contributed by atoms with Gasteiger partial charge in [-0.05, 0) is 43.5 Å². The lowest BCUT2D eigenvalue weighted by Gasteiger charge is -2.27. The standard InChI is InChI=1S/C20H23N3O2.ClH/c1-14-8-10-15(11-9-14)19(21)20(25)22-16-5-4-6-17(13-16)23-12-3-2-7-18(23)24;/h4-6,8-11,13,19H,2-3,7,12,21H2,1H3,(H,22,25);1H. The van der Waals surface area contributed by atoms with E-state index in [2.05, 4.69) is 5.32 Å². The van der Waals surface area contributed by atoms with Gasteiger partial charge in [0, 0.05) is 24.3 Å². The van der Waals surface area contributed by atoms with Crippen molar-refractivity contribution in [3.63, 3.8) is 0 Å². The van der Waals surface area contributed by atoms with E-state index in [1.54, 1.807) is 11.0 Å². The van der Waals surface area contributed by atoms with Crippen LogP contribution in [0.2, 0.25) is 0 Å². The summed E-state index contributed by atoms with van der Waals surface area (Å²) in [4.78, 5) is 26.3. The van der Waals surface area contributed by atoms with Crippen LogP contribution in [-0.4, -0.2) is 18.4 Å². The fourth-order valence-corrected chi connectivity index (χ4v) is 2.98. The maximum Gasteiger partial charge on any atom is 0.245 e. The van der Waals surface area contributed by atoms with Crippen molar-refractivity contribution in [1.82, 2.24) is 0 Å². The maximum absolute atomic E-state index is 12.4. The molecule has 1 saturated heterocycles. The Bertz CT molecular complexity index is 777. The predicted octanol–water partition coefficient (Wildman–Crippen LogP) is 3.57. The first-order chi connectivity index (χ1) is 12.0. The molecule has 1 heterocycles. The number of hydrogen-bond donors (Lipinski definition) is 2. The zero-order chi connectivity index (χ0) is 17.8. The molecule has 0 bridgehead atoms. The summed E-state index contributed by atoms with van der Waals surface area (Å²) in [5.41, 5.74) is 9.41. The molecule has 0 saturated carbocycles. The van der Waals surface area contributed by atoms with E-state index in [-0.39, 0.29) is 24.2 Å². The van der Waals surface area contributed by atoms with Gasteiger partial charge in [-0.15, -0.1) is 12.4 Å². The minimum atomic E-state index is -0.735. The molecule has 6 heteroatoms. The molecule has 2 amide bonds. The van der Waals surface area contributed by atoms with Crippen LogP contribution in [-0.2, 0) is 9.59 Å². The lowest BCUT2D eigenvalue weighted by atomic mass is 10.1. The Morgan fingerprint density at radius 1 is 1.15 bits per heavy atom. The lowest BCUT2D eigenvalue weighted by Crippen LogP contribution is -2.35. The number of nitrogens with one attached hydrogen (secondary N) is 1. The first-order valence-corrected chi connectivity index (χ1v) is 8.58. The molecule has 0 radical (unpaired) electrons. The number of rotatable bonds is 4. The van der Waals surface area contributed by atoms with Crippen molar-refractivity contribution in [2.75, 3.05) is 16.8 Å². The van der Waals surface area contributed by atoms with Crippen LogP contribution in [0.4, 0.5) is 11.4 Å². The zero-order valence-corrected chi connectivity index (χ0v) is 15.6. The molecule has 1 unspecified atom stereocenters. The van der Waals surface area contributed by atoms with Gasteiger partial charge in [0.25, 0.3) is 0 Å². The highest BCUT2D eigenvalue weighted by Gasteiger charge is 2.20. The third-order valence-corrected chi connectivity index (χ3v) is 4.47. The number of anilines is 2. The summed E-state index contributed by atoms with van der Waals surface area (Å²) >= 11 is 0. The number of carbonyl (C=O) groups excluding carboxylic acids is 2. The molecule has 5 nitrogen and oxygen atoms in total. The molecule has 26 heavy (non-hydrogen) atoms. The fourth-order valence-electron chi connectivity index (χ4n) is 2.98. The first kappa shape index (κ1) is 19.9. The van der Waals surface area contributed by atoms with Gasteiger partial charge in [-0.25, -0.2) is 0 Å². The van der Waals surface area contributed by atoms with E-state index >= 15 is 0 Å². The van der Waals surface area contributed by atoms with E-state index < -0.39 is 6.04 Å². The SMILES string of the molecule is Cc1ccc(C(N)C(=O)Nc2cccc(N3CCCCC3=O)c2)cc1.Cl. The minimum Gasteiger partial charge on any atom is -0.324 e. The van der Waals surface area contributed by atoms with Crippen LogP contribution in [0.1, 0.15) is 36.4 Å². The van der Waals surface area contributed by atoms with Crippen LogP contribution in [0.5, 0.6) is 0 Å². The summed E-state index contributed by atoms with van der Waals surface area (Å²) in [6.45, 7) is 2.71. The molecular weight excluding hydrogens is 350 g/mol. The summed E-state index contributed by atoms with van der Waals surface area (Å²) in [5.74, 6) is -0.142. The van der Waals surface area contributed by atoms with Crippen molar-refractivity contribution in [3.05, 3.63) is 59.7 Å². The van der Waals surface area contributed by atoms with Crippen LogP contribution in [0.3, 0.4) is 0 Å². The summed E-state index contributed by atoms with van der Waals surface area (Å²) in [6, 6.07) is 14.2. The number of nitrogens with two attached hydrogens (primary N) is 1. The summed E-state index contributed by atoms with van der Waals surface area (Å²) in [6.07, 6.45) is 2.52. The molecule has 0 aromatic heterocycles. The number of nitrogens with zero attached hydrogens (tertiary/aromatic N) is 1. The van der Waals surface area contributed by atoms with Gasteiger partial charge in [-0.2, -0.15) is 0 Å². The highest BCUT2D eigenvalue weighted by molar-refractivity contribution is 5.97. The van der Waals surface area contributed by atoms with Crippen LogP contribution in [0.25, 0.3) is 0 Å². The van der Waals surface area contributed by atoms with E-state index in [4.69, 9.17) is 5.73 Å². The average molecular weight is 374 g/mol. The molecular formula is C20H24ClN3O2. The van der Waals surface area contributed by atoms with Crippen molar-refractivity contribution >= 4 is 35.6 Å². The minimum absolute atomic E-state index is 0. The Morgan fingerprint density at radius 2 is 1.88 bits per heavy atom. The Balaban J connectivity index is 0.00000243. The molecule has 2 aromatic carbocycles. The molecule has 1 atom stereocenters. The van der Waals surface area contributed by atoms with Crippen molar-refractivity contribution in [3.8, 4) is 0 Å². The molecule has 138 valence electrons. The quantitative estimate of drug-likeness (QED) is 0.860. The van der Waals surface area contributed by atoms with Crippen LogP contribution < -0.4 is 16.0 Å². The van der Waals surface area contributed by atoms with Gasteiger partial charge >= 0.3 is 0 Å². The molecule has 2 aromatic rings. The number of carbonyl (C=O) groups is 2. The van der Waals surface area contributed by atoms with Gasteiger partial charge in [-0.1, -0.05) is 35.9 Å². The Morgan fingerprint density at radius 3 is 2.58 bits per heavy atom.